The van der Waals surface area contributed by atoms with Gasteiger partial charge in [0.25, 0.3) is 0 Å². The fourth-order valence-electron chi connectivity index (χ4n) is 6.20. The van der Waals surface area contributed by atoms with Crippen LogP contribution < -0.4 is 9.64 Å². The van der Waals surface area contributed by atoms with Gasteiger partial charge >= 0.3 is 6.01 Å². The number of hydrogen-bond acceptors (Lipinski definition) is 8. The molecule has 1 spiro atoms. The molecule has 5 heterocycles. The first-order valence-electron chi connectivity index (χ1n) is 13.2. The van der Waals surface area contributed by atoms with Crippen LogP contribution in [-0.2, 0) is 4.79 Å². The number of likely N-dealkylation sites (N-methyl/N-ethyl adjacent to an activating group) is 1. The Labute approximate surface area is 221 Å². The molecule has 38 heavy (non-hydrogen) atoms. The molecule has 0 radical (unpaired) electrons. The molecule has 3 fully saturated rings. The molecule has 3 saturated heterocycles. The largest absolute Gasteiger partial charge is 0.462 e. The van der Waals surface area contributed by atoms with Crippen molar-refractivity contribution < 1.29 is 9.53 Å². The molecular weight excluding hydrogens is 480 g/mol. The Morgan fingerprint density at radius 1 is 1.32 bits per heavy atom. The van der Waals surface area contributed by atoms with Gasteiger partial charge in [0.1, 0.15) is 18.2 Å². The zero-order valence-electron chi connectivity index (χ0n) is 21.9. The first-order chi connectivity index (χ1) is 18.4. The third-order valence-corrected chi connectivity index (χ3v) is 8.37. The minimum absolute atomic E-state index is 0.00220. The van der Waals surface area contributed by atoms with E-state index in [1.165, 1.54) is 6.08 Å². The quantitative estimate of drug-likeness (QED) is 0.502. The zero-order chi connectivity index (χ0) is 26.4. The summed E-state index contributed by atoms with van der Waals surface area (Å²) in [6.07, 6.45) is 6.18. The molecule has 1 aromatic carbocycles. The highest BCUT2D eigenvalue weighted by atomic mass is 16.5. The van der Waals surface area contributed by atoms with Crippen LogP contribution in [0, 0.1) is 23.7 Å². The van der Waals surface area contributed by atoms with Crippen molar-refractivity contribution in [2.75, 3.05) is 51.3 Å². The van der Waals surface area contributed by atoms with Crippen molar-refractivity contribution in [2.24, 2.45) is 5.41 Å². The van der Waals surface area contributed by atoms with Crippen LogP contribution in [0.3, 0.4) is 0 Å². The Bertz CT molecular complexity index is 1450. The molecule has 2 aromatic heterocycles. The van der Waals surface area contributed by atoms with Gasteiger partial charge in [-0.2, -0.15) is 15.2 Å². The molecule has 10 nitrogen and oxygen atoms in total. The van der Waals surface area contributed by atoms with Crippen molar-refractivity contribution in [1.29, 1.82) is 5.26 Å². The number of carbonyl (C=O) groups is 1. The molecule has 0 saturated carbocycles. The Kier molecular flexibility index (Phi) is 6.03. The summed E-state index contributed by atoms with van der Waals surface area (Å²) in [4.78, 5) is 35.7. The van der Waals surface area contributed by atoms with Gasteiger partial charge in [0.05, 0.1) is 23.1 Å². The van der Waals surface area contributed by atoms with Gasteiger partial charge in [-0.25, -0.2) is 4.98 Å². The van der Waals surface area contributed by atoms with E-state index >= 15 is 0 Å². The fraction of sp³-hybridized carbons (Fsp3) is 0.464. The summed E-state index contributed by atoms with van der Waals surface area (Å²) < 4.78 is 6.22. The van der Waals surface area contributed by atoms with Gasteiger partial charge in [0.2, 0.25) is 5.91 Å². The number of anilines is 1. The monoisotopic (exact) mass is 512 g/mol. The Morgan fingerprint density at radius 3 is 2.89 bits per heavy atom. The summed E-state index contributed by atoms with van der Waals surface area (Å²) >= 11 is 0. The van der Waals surface area contributed by atoms with E-state index in [9.17, 15) is 10.1 Å². The second-order valence-electron chi connectivity index (χ2n) is 10.9. The van der Waals surface area contributed by atoms with Crippen LogP contribution >= 0.6 is 0 Å². The van der Waals surface area contributed by atoms with Crippen molar-refractivity contribution in [3.63, 3.8) is 0 Å². The summed E-state index contributed by atoms with van der Waals surface area (Å²) in [5.41, 5.74) is 4.40. The number of aryl methyl sites for hydroxylation is 1. The number of likely N-dealkylation sites (tertiary alicyclic amines) is 2. The van der Waals surface area contributed by atoms with E-state index in [-0.39, 0.29) is 17.3 Å². The highest BCUT2D eigenvalue weighted by Gasteiger charge is 2.49. The van der Waals surface area contributed by atoms with Crippen LogP contribution in [-0.4, -0.2) is 88.1 Å². The van der Waals surface area contributed by atoms with Gasteiger partial charge in [-0.1, -0.05) is 12.6 Å². The van der Waals surface area contributed by atoms with Crippen LogP contribution in [0.1, 0.15) is 30.4 Å². The maximum atomic E-state index is 12.1. The lowest BCUT2D eigenvalue weighted by molar-refractivity contribution is -0.136. The lowest BCUT2D eigenvalue weighted by atomic mass is 9.79. The number of hydrogen-bond donors (Lipinski definition) is 1. The molecule has 10 heteroatoms. The molecule has 1 N–H and O–H groups in total. The summed E-state index contributed by atoms with van der Waals surface area (Å²) in [5.74, 6) is 0.552. The molecule has 3 aliphatic heterocycles. The fourth-order valence-corrected chi connectivity index (χ4v) is 6.20. The Morgan fingerprint density at radius 2 is 2.16 bits per heavy atom. The minimum atomic E-state index is -0.0359. The number of fused-ring (bicyclic) bond motifs is 1. The number of ether oxygens (including phenoxy) is 1. The number of rotatable bonds is 6. The van der Waals surface area contributed by atoms with Crippen molar-refractivity contribution in [1.82, 2.24) is 29.7 Å². The van der Waals surface area contributed by atoms with E-state index in [1.54, 1.807) is 6.33 Å². The topological polar surface area (TPSA) is 114 Å². The van der Waals surface area contributed by atoms with Gasteiger partial charge in [-0.15, -0.1) is 0 Å². The van der Waals surface area contributed by atoms with Crippen molar-refractivity contribution in [3.05, 3.63) is 42.2 Å². The highest BCUT2D eigenvalue weighted by molar-refractivity contribution is 5.95. The number of carbonyl (C=O) groups excluding carboxylic acids is 1. The zero-order valence-corrected chi connectivity index (χ0v) is 21.9. The normalized spacial score (nSPS) is 20.6. The van der Waals surface area contributed by atoms with Crippen molar-refractivity contribution >= 4 is 22.8 Å². The van der Waals surface area contributed by atoms with Crippen LogP contribution in [0.25, 0.3) is 22.3 Å². The van der Waals surface area contributed by atoms with E-state index in [2.05, 4.69) is 39.5 Å². The molecule has 1 unspecified atom stereocenters. The van der Waals surface area contributed by atoms with E-state index in [0.717, 1.165) is 61.1 Å². The molecule has 1 atom stereocenters. The summed E-state index contributed by atoms with van der Waals surface area (Å²) in [7, 11) is 2.11. The third-order valence-electron chi connectivity index (χ3n) is 8.37. The predicted octanol–water partition coefficient (Wildman–Crippen LogP) is 2.90. The number of nitriles is 1. The predicted molar refractivity (Wildman–Crippen MR) is 144 cm³/mol. The number of aromatic amines is 1. The smallest absolute Gasteiger partial charge is 0.319 e. The minimum Gasteiger partial charge on any atom is -0.462 e. The number of nitrogens with zero attached hydrogens (tertiary/aromatic N) is 7. The average Bonchev–Trinajstić information content (AvgIpc) is 3.65. The summed E-state index contributed by atoms with van der Waals surface area (Å²) in [6.45, 7) is 10.0. The molecule has 3 aromatic rings. The lowest BCUT2D eigenvalue weighted by Gasteiger charge is -2.47. The Hall–Kier alpha value is -3.97. The first kappa shape index (κ1) is 24.4. The van der Waals surface area contributed by atoms with Gasteiger partial charge in [0, 0.05) is 43.2 Å². The maximum Gasteiger partial charge on any atom is 0.319 e. The van der Waals surface area contributed by atoms with E-state index in [1.807, 2.05) is 24.0 Å². The highest BCUT2D eigenvalue weighted by Crippen LogP contribution is 2.43. The summed E-state index contributed by atoms with van der Waals surface area (Å²) in [5, 5.41) is 10.4. The second kappa shape index (κ2) is 9.40. The van der Waals surface area contributed by atoms with Gasteiger partial charge in [-0.05, 0) is 57.5 Å². The van der Waals surface area contributed by atoms with Gasteiger partial charge in [0.15, 0.2) is 5.82 Å². The van der Waals surface area contributed by atoms with Gasteiger partial charge in [-0.3, -0.25) is 4.79 Å². The molecule has 0 bridgehead atoms. The van der Waals surface area contributed by atoms with E-state index < -0.39 is 0 Å². The van der Waals surface area contributed by atoms with Crippen molar-refractivity contribution in [3.8, 4) is 23.3 Å². The van der Waals surface area contributed by atoms with E-state index in [4.69, 9.17) is 14.7 Å². The number of nitrogens with one attached hydrogen (secondary N) is 1. The molecule has 3 aliphatic rings. The lowest BCUT2D eigenvalue weighted by Crippen LogP contribution is -2.59. The number of aromatic nitrogens is 4. The number of imidazole rings is 1. The number of amides is 1. The summed E-state index contributed by atoms with van der Waals surface area (Å²) in [6, 6.07) is 7.00. The Balaban J connectivity index is 1.39. The second-order valence-corrected chi connectivity index (χ2v) is 10.9. The number of benzene rings is 1. The maximum absolute atomic E-state index is 12.1. The standard InChI is InChI=1S/C28H32N8O2/c1-4-22(37)36-15-28(16-36)9-11-35(14-28)26-20(12-29)24(23-18(2)7-8-21-25(23)31-17-30-21)32-27(33-26)38-13-19-6-5-10-34(19)3/h4,7-8,17,19H,1,5-6,9-11,13-16H2,2-3H3,(H,30,31). The van der Waals surface area contributed by atoms with Gasteiger partial charge < -0.3 is 24.4 Å². The first-order valence-corrected chi connectivity index (χ1v) is 13.2. The van der Waals surface area contributed by atoms with Crippen molar-refractivity contribution in [2.45, 2.75) is 32.2 Å². The van der Waals surface area contributed by atoms with Crippen LogP contribution in [0.5, 0.6) is 6.01 Å². The average molecular weight is 513 g/mol. The molecule has 0 aliphatic carbocycles. The number of H-pyrrole nitrogens is 1. The molecule has 6 rings (SSSR count). The SMILES string of the molecule is C=CC(=O)N1CC2(CCN(c3nc(OCC4CCCN4C)nc(-c4c(C)ccc5[nH]cnc45)c3C#N)C2)C1. The van der Waals surface area contributed by atoms with E-state index in [0.29, 0.717) is 42.8 Å². The third kappa shape index (κ3) is 4.07. The molecule has 196 valence electrons. The molecule has 1 amide bonds. The van der Waals surface area contributed by atoms with Crippen LogP contribution in [0.15, 0.2) is 31.1 Å². The molecular formula is C28H32N8O2. The van der Waals surface area contributed by atoms with Crippen LogP contribution in [0.4, 0.5) is 5.82 Å². The van der Waals surface area contributed by atoms with Crippen LogP contribution in [0.2, 0.25) is 0 Å².